The van der Waals surface area contributed by atoms with Crippen LogP contribution < -0.4 is 4.74 Å². The van der Waals surface area contributed by atoms with Gasteiger partial charge in [0.2, 0.25) is 0 Å². The molecule has 0 bridgehead atoms. The third kappa shape index (κ3) is 3.95. The van der Waals surface area contributed by atoms with E-state index < -0.39 is 5.97 Å². The van der Waals surface area contributed by atoms with E-state index >= 15 is 0 Å². The Kier molecular flexibility index (Phi) is 4.50. The molecule has 2 aromatic rings. The van der Waals surface area contributed by atoms with Gasteiger partial charge in [-0.3, -0.25) is 4.98 Å². The van der Waals surface area contributed by atoms with Crippen LogP contribution in [0.25, 0.3) is 6.08 Å². The number of rotatable bonds is 5. The van der Waals surface area contributed by atoms with E-state index in [0.717, 1.165) is 22.8 Å². The molecule has 0 radical (unpaired) electrons. The summed E-state index contributed by atoms with van der Waals surface area (Å²) >= 11 is 0. The Morgan fingerprint density at radius 2 is 2.15 bits per heavy atom. The molecule has 4 nitrogen and oxygen atoms in total. The van der Waals surface area contributed by atoms with Crippen LogP contribution in [0, 0.1) is 6.92 Å². The van der Waals surface area contributed by atoms with Crippen molar-refractivity contribution in [1.82, 2.24) is 4.98 Å². The summed E-state index contributed by atoms with van der Waals surface area (Å²) in [5.74, 6) is -0.339. The van der Waals surface area contributed by atoms with Crippen LogP contribution >= 0.6 is 0 Å². The van der Waals surface area contributed by atoms with Gasteiger partial charge in [0.1, 0.15) is 12.4 Å². The van der Waals surface area contributed by atoms with Gasteiger partial charge in [0.05, 0.1) is 0 Å². The molecule has 0 aliphatic heterocycles. The fourth-order valence-corrected chi connectivity index (χ4v) is 1.77. The number of pyridine rings is 1. The van der Waals surface area contributed by atoms with Gasteiger partial charge >= 0.3 is 5.97 Å². The molecule has 4 heteroatoms. The highest BCUT2D eigenvalue weighted by Crippen LogP contribution is 2.20. The Morgan fingerprint density at radius 1 is 1.35 bits per heavy atom. The summed E-state index contributed by atoms with van der Waals surface area (Å²) < 4.78 is 5.73. The normalized spacial score (nSPS) is 10.7. The molecule has 0 saturated carbocycles. The molecule has 0 aliphatic carbocycles. The van der Waals surface area contributed by atoms with E-state index in [-0.39, 0.29) is 0 Å². The predicted octanol–water partition coefficient (Wildman–Crippen LogP) is 3.07. The van der Waals surface area contributed by atoms with Crippen molar-refractivity contribution in [3.8, 4) is 5.75 Å². The van der Waals surface area contributed by atoms with Crippen molar-refractivity contribution >= 4 is 12.0 Å². The minimum absolute atomic E-state index is 0.395. The molecule has 0 aliphatic rings. The number of aliphatic carboxylic acids is 1. The van der Waals surface area contributed by atoms with Crippen LogP contribution in [0.3, 0.4) is 0 Å². The highest BCUT2D eigenvalue weighted by molar-refractivity contribution is 5.85. The fourth-order valence-electron chi connectivity index (χ4n) is 1.77. The van der Waals surface area contributed by atoms with Crippen molar-refractivity contribution in [2.75, 3.05) is 0 Å². The highest BCUT2D eigenvalue weighted by atomic mass is 16.5. The molecule has 1 N–H and O–H groups in total. The molecule has 102 valence electrons. The number of nitrogens with zero attached hydrogens (tertiary/aromatic N) is 1. The average molecular weight is 269 g/mol. The van der Waals surface area contributed by atoms with Crippen LogP contribution in [0.1, 0.15) is 16.7 Å². The van der Waals surface area contributed by atoms with Crippen molar-refractivity contribution in [2.24, 2.45) is 0 Å². The summed E-state index contributed by atoms with van der Waals surface area (Å²) in [7, 11) is 0. The highest BCUT2D eigenvalue weighted by Gasteiger charge is 2.02. The Morgan fingerprint density at radius 3 is 2.90 bits per heavy atom. The number of aryl methyl sites for hydroxylation is 1. The minimum atomic E-state index is -0.984. The van der Waals surface area contributed by atoms with Gasteiger partial charge in [-0.15, -0.1) is 0 Å². The van der Waals surface area contributed by atoms with Crippen molar-refractivity contribution in [3.63, 3.8) is 0 Å². The number of carboxylic acid groups (broad SMARTS) is 1. The number of para-hydroxylation sites is 1. The lowest BCUT2D eigenvalue weighted by molar-refractivity contribution is -0.131. The zero-order chi connectivity index (χ0) is 14.4. The number of ether oxygens (including phenoxy) is 1. The van der Waals surface area contributed by atoms with Crippen LogP contribution in [-0.4, -0.2) is 16.1 Å². The monoisotopic (exact) mass is 269 g/mol. The minimum Gasteiger partial charge on any atom is -0.488 e. The third-order valence-electron chi connectivity index (χ3n) is 2.65. The predicted molar refractivity (Wildman–Crippen MR) is 76.4 cm³/mol. The molecule has 0 atom stereocenters. The first-order valence-corrected chi connectivity index (χ1v) is 6.18. The quantitative estimate of drug-likeness (QED) is 0.847. The van der Waals surface area contributed by atoms with Crippen molar-refractivity contribution in [2.45, 2.75) is 13.5 Å². The van der Waals surface area contributed by atoms with E-state index in [1.54, 1.807) is 12.4 Å². The molecule has 0 spiro atoms. The maximum atomic E-state index is 10.6. The standard InChI is InChI=1S/C16H15NO3/c1-12-8-13(10-17-9-12)11-20-15-5-3-2-4-14(15)6-7-16(18)19/h2-10H,11H2,1H3,(H,18,19)/b7-6+. The molecule has 1 aromatic carbocycles. The maximum absolute atomic E-state index is 10.6. The Bertz CT molecular complexity index is 635. The van der Waals surface area contributed by atoms with Gasteiger partial charge in [0, 0.05) is 29.6 Å². The van der Waals surface area contributed by atoms with E-state index in [1.165, 1.54) is 6.08 Å². The topological polar surface area (TPSA) is 59.4 Å². The summed E-state index contributed by atoms with van der Waals surface area (Å²) in [5, 5.41) is 8.67. The van der Waals surface area contributed by atoms with Crippen molar-refractivity contribution in [1.29, 1.82) is 0 Å². The second-order valence-corrected chi connectivity index (χ2v) is 4.37. The van der Waals surface area contributed by atoms with Crippen LogP contribution in [0.4, 0.5) is 0 Å². The summed E-state index contributed by atoms with van der Waals surface area (Å²) in [5.41, 5.74) is 2.78. The number of aromatic nitrogens is 1. The summed E-state index contributed by atoms with van der Waals surface area (Å²) in [6.45, 7) is 2.37. The number of carbonyl (C=O) groups is 1. The van der Waals surface area contributed by atoms with Gasteiger partial charge in [-0.05, 0) is 30.7 Å². The van der Waals surface area contributed by atoms with Gasteiger partial charge < -0.3 is 9.84 Å². The molecule has 0 amide bonds. The maximum Gasteiger partial charge on any atom is 0.328 e. The molecular weight excluding hydrogens is 254 g/mol. The van der Waals surface area contributed by atoms with Crippen molar-refractivity contribution in [3.05, 3.63) is 65.5 Å². The first-order chi connectivity index (χ1) is 9.65. The first kappa shape index (κ1) is 13.8. The van der Waals surface area contributed by atoms with E-state index in [1.807, 2.05) is 37.3 Å². The second kappa shape index (κ2) is 6.52. The van der Waals surface area contributed by atoms with Crippen LogP contribution in [0.2, 0.25) is 0 Å². The van der Waals surface area contributed by atoms with E-state index in [2.05, 4.69) is 4.98 Å². The number of hydrogen-bond acceptors (Lipinski definition) is 3. The summed E-state index contributed by atoms with van der Waals surface area (Å²) in [6, 6.07) is 9.31. The number of hydrogen-bond donors (Lipinski definition) is 1. The smallest absolute Gasteiger partial charge is 0.328 e. The number of benzene rings is 1. The molecule has 20 heavy (non-hydrogen) atoms. The second-order valence-electron chi connectivity index (χ2n) is 4.37. The summed E-state index contributed by atoms with van der Waals surface area (Å²) in [6.07, 6.45) is 6.15. The van der Waals surface area contributed by atoms with E-state index in [4.69, 9.17) is 9.84 Å². The SMILES string of the molecule is Cc1cncc(COc2ccccc2/C=C/C(=O)O)c1. The molecular formula is C16H15NO3. The molecule has 1 heterocycles. The van der Waals surface area contributed by atoms with Gasteiger partial charge in [-0.25, -0.2) is 4.79 Å². The molecule has 0 unspecified atom stereocenters. The fraction of sp³-hybridized carbons (Fsp3) is 0.125. The Hall–Kier alpha value is -2.62. The molecule has 2 rings (SSSR count). The van der Waals surface area contributed by atoms with Gasteiger partial charge in [-0.2, -0.15) is 0 Å². The zero-order valence-corrected chi connectivity index (χ0v) is 11.1. The summed E-state index contributed by atoms with van der Waals surface area (Å²) in [4.78, 5) is 14.7. The lowest BCUT2D eigenvalue weighted by Gasteiger charge is -2.09. The lowest BCUT2D eigenvalue weighted by Crippen LogP contribution is -1.98. The third-order valence-corrected chi connectivity index (χ3v) is 2.65. The largest absolute Gasteiger partial charge is 0.488 e. The lowest BCUT2D eigenvalue weighted by atomic mass is 10.2. The van der Waals surface area contributed by atoms with Crippen LogP contribution in [-0.2, 0) is 11.4 Å². The van der Waals surface area contributed by atoms with Gasteiger partial charge in [-0.1, -0.05) is 18.2 Å². The van der Waals surface area contributed by atoms with Crippen LogP contribution in [0.5, 0.6) is 5.75 Å². The molecule has 1 aromatic heterocycles. The van der Waals surface area contributed by atoms with Gasteiger partial charge in [0.15, 0.2) is 0 Å². The molecule has 0 saturated heterocycles. The van der Waals surface area contributed by atoms with Gasteiger partial charge in [0.25, 0.3) is 0 Å². The molecule has 0 fully saturated rings. The van der Waals surface area contributed by atoms with Crippen molar-refractivity contribution < 1.29 is 14.6 Å². The van der Waals surface area contributed by atoms with E-state index in [9.17, 15) is 4.79 Å². The Labute approximate surface area is 117 Å². The first-order valence-electron chi connectivity index (χ1n) is 6.18. The Balaban J connectivity index is 2.11. The van der Waals surface area contributed by atoms with Crippen LogP contribution in [0.15, 0.2) is 48.8 Å². The van der Waals surface area contributed by atoms with E-state index in [0.29, 0.717) is 12.4 Å². The average Bonchev–Trinajstić information content (AvgIpc) is 2.44. The number of carboxylic acids is 1. The zero-order valence-electron chi connectivity index (χ0n) is 11.1.